The number of esters is 1. The Labute approximate surface area is 109 Å². The number of nitrogens with one attached hydrogen (secondary N) is 1. The van der Waals surface area contributed by atoms with Crippen molar-refractivity contribution in [3.05, 3.63) is 23.4 Å². The van der Waals surface area contributed by atoms with Gasteiger partial charge in [-0.15, -0.1) is 0 Å². The average molecular weight is 276 g/mol. The number of nitrogens with zero attached hydrogens (tertiary/aromatic N) is 1. The van der Waals surface area contributed by atoms with Gasteiger partial charge in [0.1, 0.15) is 5.82 Å². The van der Waals surface area contributed by atoms with Crippen molar-refractivity contribution >= 4 is 11.8 Å². The highest BCUT2D eigenvalue weighted by molar-refractivity contribution is 5.90. The second-order valence-electron chi connectivity index (χ2n) is 3.97. The molecule has 0 aliphatic carbocycles. The molecule has 0 amide bonds. The fourth-order valence-corrected chi connectivity index (χ4v) is 1.49. The minimum Gasteiger partial charge on any atom is -0.465 e. The van der Waals surface area contributed by atoms with E-state index >= 15 is 0 Å². The van der Waals surface area contributed by atoms with Crippen molar-refractivity contribution in [3.8, 4) is 0 Å². The summed E-state index contributed by atoms with van der Waals surface area (Å²) in [6.45, 7) is 1.80. The maximum atomic E-state index is 11.9. The standard InChI is InChI=1S/C12H15F3N2O2/c1-8-9(11(18)19-2)4-5-10(17-8)16-7-3-6-12(13,14)15/h4-5H,3,6-7H2,1-2H3,(H,16,17). The van der Waals surface area contributed by atoms with Gasteiger partial charge in [-0.2, -0.15) is 13.2 Å². The molecular formula is C12H15F3N2O2. The van der Waals surface area contributed by atoms with E-state index in [0.29, 0.717) is 17.1 Å². The monoisotopic (exact) mass is 276 g/mol. The van der Waals surface area contributed by atoms with Crippen LogP contribution in [0.2, 0.25) is 0 Å². The van der Waals surface area contributed by atoms with E-state index in [9.17, 15) is 18.0 Å². The van der Waals surface area contributed by atoms with Gasteiger partial charge in [-0.1, -0.05) is 0 Å². The van der Waals surface area contributed by atoms with Gasteiger partial charge in [0.2, 0.25) is 0 Å². The smallest absolute Gasteiger partial charge is 0.389 e. The second-order valence-corrected chi connectivity index (χ2v) is 3.97. The molecule has 0 aliphatic rings. The van der Waals surface area contributed by atoms with E-state index in [1.807, 2.05) is 0 Å². The average Bonchev–Trinajstić information content (AvgIpc) is 2.33. The first-order valence-corrected chi connectivity index (χ1v) is 5.70. The number of pyridine rings is 1. The molecule has 0 saturated carbocycles. The molecule has 0 aromatic carbocycles. The number of alkyl halides is 3. The number of hydrogen-bond donors (Lipinski definition) is 1. The van der Waals surface area contributed by atoms with Gasteiger partial charge >= 0.3 is 12.1 Å². The summed E-state index contributed by atoms with van der Waals surface area (Å²) in [6.07, 6.45) is -5.00. The van der Waals surface area contributed by atoms with Crippen molar-refractivity contribution in [1.29, 1.82) is 0 Å². The van der Waals surface area contributed by atoms with Crippen LogP contribution in [0.25, 0.3) is 0 Å². The van der Waals surface area contributed by atoms with E-state index in [1.54, 1.807) is 6.92 Å². The molecular weight excluding hydrogens is 261 g/mol. The van der Waals surface area contributed by atoms with E-state index < -0.39 is 18.6 Å². The lowest BCUT2D eigenvalue weighted by molar-refractivity contribution is -0.134. The van der Waals surface area contributed by atoms with Crippen molar-refractivity contribution in [2.45, 2.75) is 25.9 Å². The summed E-state index contributed by atoms with van der Waals surface area (Å²) in [6, 6.07) is 3.06. The molecule has 1 heterocycles. The molecule has 1 aromatic rings. The highest BCUT2D eigenvalue weighted by Crippen LogP contribution is 2.21. The van der Waals surface area contributed by atoms with Gasteiger partial charge in [-0.05, 0) is 25.5 Å². The topological polar surface area (TPSA) is 51.2 Å². The Morgan fingerprint density at radius 3 is 2.63 bits per heavy atom. The maximum Gasteiger partial charge on any atom is 0.389 e. The molecule has 19 heavy (non-hydrogen) atoms. The molecule has 0 bridgehead atoms. The van der Waals surface area contributed by atoms with Crippen molar-refractivity contribution in [1.82, 2.24) is 4.98 Å². The van der Waals surface area contributed by atoms with Gasteiger partial charge in [0.05, 0.1) is 18.4 Å². The van der Waals surface area contributed by atoms with Crippen LogP contribution in [-0.4, -0.2) is 30.8 Å². The lowest BCUT2D eigenvalue weighted by Gasteiger charge is -2.09. The van der Waals surface area contributed by atoms with Crippen molar-refractivity contribution < 1.29 is 22.7 Å². The number of aromatic nitrogens is 1. The van der Waals surface area contributed by atoms with Crippen molar-refractivity contribution in [2.75, 3.05) is 19.0 Å². The third-order valence-corrected chi connectivity index (χ3v) is 2.43. The van der Waals surface area contributed by atoms with E-state index in [0.717, 1.165) is 0 Å². The predicted octanol–water partition coefficient (Wildman–Crippen LogP) is 2.93. The number of rotatable bonds is 5. The molecule has 0 aliphatic heterocycles. The minimum absolute atomic E-state index is 0.0248. The first-order valence-electron chi connectivity index (χ1n) is 5.70. The van der Waals surface area contributed by atoms with E-state index in [1.165, 1.54) is 19.2 Å². The van der Waals surface area contributed by atoms with Crippen LogP contribution in [0.1, 0.15) is 28.9 Å². The molecule has 1 N–H and O–H groups in total. The molecule has 1 rings (SSSR count). The Balaban J connectivity index is 2.52. The summed E-state index contributed by atoms with van der Waals surface area (Å²) in [5, 5.41) is 2.78. The molecule has 106 valence electrons. The summed E-state index contributed by atoms with van der Waals surface area (Å²) in [5.41, 5.74) is 0.802. The molecule has 0 unspecified atom stereocenters. The normalized spacial score (nSPS) is 11.2. The Morgan fingerprint density at radius 1 is 1.42 bits per heavy atom. The first kappa shape index (κ1) is 15.3. The van der Waals surface area contributed by atoms with E-state index in [-0.39, 0.29) is 13.0 Å². The lowest BCUT2D eigenvalue weighted by atomic mass is 10.2. The minimum atomic E-state index is -4.14. The highest BCUT2D eigenvalue weighted by atomic mass is 19.4. The summed E-state index contributed by atoms with van der Waals surface area (Å²) in [4.78, 5) is 15.4. The van der Waals surface area contributed by atoms with Gasteiger partial charge in [-0.3, -0.25) is 0 Å². The Kier molecular flexibility index (Phi) is 5.14. The van der Waals surface area contributed by atoms with Gasteiger partial charge in [0.25, 0.3) is 0 Å². The SMILES string of the molecule is COC(=O)c1ccc(NCCCC(F)(F)F)nc1C. The molecule has 4 nitrogen and oxygen atoms in total. The number of methoxy groups -OCH3 is 1. The van der Waals surface area contributed by atoms with Crippen molar-refractivity contribution in [3.63, 3.8) is 0 Å². The van der Waals surface area contributed by atoms with Gasteiger partial charge in [-0.25, -0.2) is 9.78 Å². The summed E-state index contributed by atoms with van der Waals surface area (Å²) in [5.74, 6) is -0.0547. The molecule has 0 spiro atoms. The lowest BCUT2D eigenvalue weighted by Crippen LogP contribution is -2.12. The number of anilines is 1. The third kappa shape index (κ3) is 5.15. The summed E-state index contributed by atoms with van der Waals surface area (Å²) >= 11 is 0. The van der Waals surface area contributed by atoms with Crippen molar-refractivity contribution in [2.24, 2.45) is 0 Å². The number of halogens is 3. The zero-order chi connectivity index (χ0) is 14.5. The van der Waals surface area contributed by atoms with Crippen LogP contribution in [0, 0.1) is 6.92 Å². The highest BCUT2D eigenvalue weighted by Gasteiger charge is 2.25. The first-order chi connectivity index (χ1) is 8.83. The Bertz CT molecular complexity index is 447. The fourth-order valence-electron chi connectivity index (χ4n) is 1.49. The summed E-state index contributed by atoms with van der Waals surface area (Å²) in [7, 11) is 1.27. The van der Waals surface area contributed by atoms with Crippen LogP contribution < -0.4 is 5.32 Å². The van der Waals surface area contributed by atoms with E-state index in [4.69, 9.17) is 0 Å². The van der Waals surface area contributed by atoms with Crippen LogP contribution >= 0.6 is 0 Å². The quantitative estimate of drug-likeness (QED) is 0.663. The van der Waals surface area contributed by atoms with Gasteiger partial charge in [0, 0.05) is 13.0 Å². The molecule has 7 heteroatoms. The zero-order valence-corrected chi connectivity index (χ0v) is 10.7. The predicted molar refractivity (Wildman–Crippen MR) is 64.1 cm³/mol. The number of aryl methyl sites for hydroxylation is 1. The molecule has 1 aromatic heterocycles. The summed E-state index contributed by atoms with van der Waals surface area (Å²) < 4.78 is 40.4. The van der Waals surface area contributed by atoms with Gasteiger partial charge < -0.3 is 10.1 Å². The second kappa shape index (κ2) is 6.40. The largest absolute Gasteiger partial charge is 0.465 e. The number of hydrogen-bond acceptors (Lipinski definition) is 4. The van der Waals surface area contributed by atoms with E-state index in [2.05, 4.69) is 15.0 Å². The van der Waals surface area contributed by atoms with Crippen LogP contribution in [0.4, 0.5) is 19.0 Å². The molecule has 0 atom stereocenters. The number of carbonyl (C=O) groups excluding carboxylic acids is 1. The van der Waals surface area contributed by atoms with Crippen LogP contribution in [0.3, 0.4) is 0 Å². The van der Waals surface area contributed by atoms with Gasteiger partial charge in [0.15, 0.2) is 0 Å². The van der Waals surface area contributed by atoms with Crippen LogP contribution in [0.5, 0.6) is 0 Å². The zero-order valence-electron chi connectivity index (χ0n) is 10.7. The fraction of sp³-hybridized carbons (Fsp3) is 0.500. The van der Waals surface area contributed by atoms with Crippen LogP contribution in [0.15, 0.2) is 12.1 Å². The van der Waals surface area contributed by atoms with Crippen LogP contribution in [-0.2, 0) is 4.74 Å². The molecule has 0 radical (unpaired) electrons. The maximum absolute atomic E-state index is 11.9. The Morgan fingerprint density at radius 2 is 2.11 bits per heavy atom. The number of carbonyl (C=O) groups is 1. The molecule has 0 saturated heterocycles. The molecule has 0 fully saturated rings. The Hall–Kier alpha value is -1.79. The number of ether oxygens (including phenoxy) is 1. The third-order valence-electron chi connectivity index (χ3n) is 2.43.